The number of aliphatic hydroxyl groups excluding tert-OH is 1. The third-order valence-corrected chi connectivity index (χ3v) is 3.41. The van der Waals surface area contributed by atoms with E-state index >= 15 is 0 Å². The summed E-state index contributed by atoms with van der Waals surface area (Å²) in [5.74, 6) is 0. The van der Waals surface area contributed by atoms with Gasteiger partial charge in [0.15, 0.2) is 6.10 Å². The van der Waals surface area contributed by atoms with E-state index in [1.165, 1.54) is 11.0 Å². The Hall–Kier alpha value is -1.39. The van der Waals surface area contributed by atoms with Gasteiger partial charge < -0.3 is 9.84 Å². The summed E-state index contributed by atoms with van der Waals surface area (Å²) in [6, 6.07) is 1.98. The molecule has 0 aliphatic carbocycles. The Labute approximate surface area is 127 Å². The molecule has 2 heterocycles. The highest BCUT2D eigenvalue weighted by Crippen LogP contribution is 2.29. The quantitative estimate of drug-likeness (QED) is 0.856. The van der Waals surface area contributed by atoms with Crippen molar-refractivity contribution >= 4 is 0 Å². The van der Waals surface area contributed by atoms with Gasteiger partial charge in [-0.1, -0.05) is 6.07 Å². The number of ether oxygens (including phenoxy) is 1. The van der Waals surface area contributed by atoms with Crippen LogP contribution in [-0.2, 0) is 10.9 Å². The van der Waals surface area contributed by atoms with Gasteiger partial charge >= 0.3 is 12.4 Å². The Balaban J connectivity index is 2.01. The highest BCUT2D eigenvalue weighted by Gasteiger charge is 2.40. The number of hydrogen-bond donors (Lipinski definition) is 1. The van der Waals surface area contributed by atoms with Crippen LogP contribution in [0, 0.1) is 0 Å². The van der Waals surface area contributed by atoms with Crippen LogP contribution in [0.2, 0.25) is 0 Å². The summed E-state index contributed by atoms with van der Waals surface area (Å²) in [6.07, 6.45) is -11.5. The Morgan fingerprint density at radius 2 is 1.96 bits per heavy atom. The predicted octanol–water partition coefficient (Wildman–Crippen LogP) is 2.40. The van der Waals surface area contributed by atoms with Gasteiger partial charge in [-0.3, -0.25) is 9.88 Å². The van der Waals surface area contributed by atoms with E-state index in [9.17, 15) is 26.3 Å². The molecule has 2 atom stereocenters. The van der Waals surface area contributed by atoms with Crippen molar-refractivity contribution in [2.24, 2.45) is 0 Å². The number of hydrogen-bond acceptors (Lipinski definition) is 4. The average Bonchev–Trinajstić information content (AvgIpc) is 2.46. The van der Waals surface area contributed by atoms with Crippen molar-refractivity contribution in [1.82, 2.24) is 9.88 Å². The predicted molar refractivity (Wildman–Crippen MR) is 66.4 cm³/mol. The summed E-state index contributed by atoms with van der Waals surface area (Å²) in [4.78, 5) is 4.65. The average molecular weight is 344 g/mol. The molecule has 1 N–H and O–H groups in total. The van der Waals surface area contributed by atoms with Crippen molar-refractivity contribution in [2.45, 2.75) is 24.6 Å². The molecule has 1 aromatic rings. The van der Waals surface area contributed by atoms with Gasteiger partial charge in [0.05, 0.1) is 12.7 Å². The second-order valence-electron chi connectivity index (χ2n) is 5.15. The normalized spacial score (nSPS) is 22.1. The molecule has 1 aliphatic heterocycles. The first kappa shape index (κ1) is 18.0. The molecule has 0 bridgehead atoms. The van der Waals surface area contributed by atoms with Crippen molar-refractivity contribution in [3.63, 3.8) is 0 Å². The fraction of sp³-hybridized carbons (Fsp3) is 0.615. The summed E-state index contributed by atoms with van der Waals surface area (Å²) in [5.41, 5.74) is -0.717. The SMILES string of the molecule is O[C@@H](CN1CCOC(c2ccc(C(F)(F)F)nc2)C1)C(F)(F)F. The van der Waals surface area contributed by atoms with E-state index in [1.807, 2.05) is 0 Å². The number of aliphatic hydroxyl groups is 1. The highest BCUT2D eigenvalue weighted by atomic mass is 19.4. The van der Waals surface area contributed by atoms with Gasteiger partial charge in [0.1, 0.15) is 5.69 Å². The highest BCUT2D eigenvalue weighted by molar-refractivity contribution is 5.19. The van der Waals surface area contributed by atoms with Gasteiger partial charge in [-0.15, -0.1) is 0 Å². The maximum atomic E-state index is 12.4. The van der Waals surface area contributed by atoms with Gasteiger partial charge in [-0.25, -0.2) is 0 Å². The molecule has 130 valence electrons. The molecular weight excluding hydrogens is 330 g/mol. The first-order chi connectivity index (χ1) is 10.6. The van der Waals surface area contributed by atoms with Gasteiger partial charge in [-0.05, 0) is 6.07 Å². The number of alkyl halides is 6. The molecule has 1 unspecified atom stereocenters. The third kappa shape index (κ3) is 4.79. The van der Waals surface area contributed by atoms with Crippen molar-refractivity contribution < 1.29 is 36.2 Å². The number of aromatic nitrogens is 1. The van der Waals surface area contributed by atoms with Gasteiger partial charge in [0.2, 0.25) is 0 Å². The lowest BCUT2D eigenvalue weighted by Gasteiger charge is -2.34. The minimum atomic E-state index is -4.72. The van der Waals surface area contributed by atoms with Crippen molar-refractivity contribution in [2.75, 3.05) is 26.2 Å². The van der Waals surface area contributed by atoms with E-state index in [2.05, 4.69) is 4.98 Å². The Bertz CT molecular complexity index is 517. The lowest BCUT2D eigenvalue weighted by Crippen LogP contribution is -2.46. The second kappa shape index (κ2) is 6.62. The lowest BCUT2D eigenvalue weighted by atomic mass is 10.1. The smallest absolute Gasteiger partial charge is 0.382 e. The number of halogens is 6. The van der Waals surface area contributed by atoms with E-state index in [-0.39, 0.29) is 19.7 Å². The summed E-state index contributed by atoms with van der Waals surface area (Å²) >= 11 is 0. The van der Waals surface area contributed by atoms with Crippen LogP contribution in [0.3, 0.4) is 0 Å². The molecule has 0 amide bonds. The molecule has 4 nitrogen and oxygen atoms in total. The van der Waals surface area contributed by atoms with E-state index in [4.69, 9.17) is 9.84 Å². The van der Waals surface area contributed by atoms with Crippen LogP contribution in [0.5, 0.6) is 0 Å². The Kier molecular flexibility index (Phi) is 5.17. The molecule has 23 heavy (non-hydrogen) atoms. The zero-order valence-electron chi connectivity index (χ0n) is 11.7. The van der Waals surface area contributed by atoms with Gasteiger partial charge in [-0.2, -0.15) is 26.3 Å². The van der Waals surface area contributed by atoms with Crippen molar-refractivity contribution in [3.05, 3.63) is 29.6 Å². The zero-order chi connectivity index (χ0) is 17.3. The van der Waals surface area contributed by atoms with Crippen molar-refractivity contribution in [1.29, 1.82) is 0 Å². The van der Waals surface area contributed by atoms with Crippen LogP contribution in [0.15, 0.2) is 18.3 Å². The third-order valence-electron chi connectivity index (χ3n) is 3.41. The molecule has 1 aliphatic rings. The van der Waals surface area contributed by atoms with Gasteiger partial charge in [0, 0.05) is 31.4 Å². The number of pyridine rings is 1. The molecule has 1 saturated heterocycles. The van der Waals surface area contributed by atoms with Crippen LogP contribution in [-0.4, -0.2) is 53.5 Å². The van der Waals surface area contributed by atoms with E-state index in [0.29, 0.717) is 5.56 Å². The molecule has 0 saturated carbocycles. The molecule has 0 aromatic carbocycles. The summed E-state index contributed by atoms with van der Waals surface area (Å²) in [6.45, 7) is -0.286. The van der Waals surface area contributed by atoms with Crippen molar-refractivity contribution in [3.8, 4) is 0 Å². The van der Waals surface area contributed by atoms with E-state index in [1.54, 1.807) is 0 Å². The molecular formula is C13H14F6N2O2. The topological polar surface area (TPSA) is 45.6 Å². The monoisotopic (exact) mass is 344 g/mol. The van der Waals surface area contributed by atoms with E-state index < -0.39 is 36.8 Å². The molecule has 0 radical (unpaired) electrons. The number of nitrogens with zero attached hydrogens (tertiary/aromatic N) is 2. The molecule has 1 aromatic heterocycles. The summed E-state index contributed by atoms with van der Waals surface area (Å²) < 4.78 is 79.8. The van der Waals surface area contributed by atoms with Crippen LogP contribution in [0.25, 0.3) is 0 Å². The number of morpholine rings is 1. The summed E-state index contributed by atoms with van der Waals surface area (Å²) in [7, 11) is 0. The molecule has 10 heteroatoms. The molecule has 2 rings (SSSR count). The zero-order valence-corrected chi connectivity index (χ0v) is 11.7. The number of β-amino-alcohol motifs (C(OH)–C–C–N with tert-alkyl or cyclic N) is 1. The summed E-state index contributed by atoms with van der Waals surface area (Å²) in [5, 5.41) is 9.08. The molecule has 0 spiro atoms. The lowest BCUT2D eigenvalue weighted by molar-refractivity contribution is -0.211. The van der Waals surface area contributed by atoms with Crippen LogP contribution >= 0.6 is 0 Å². The first-order valence-electron chi connectivity index (χ1n) is 6.69. The first-order valence-corrected chi connectivity index (χ1v) is 6.69. The van der Waals surface area contributed by atoms with Gasteiger partial charge in [0.25, 0.3) is 0 Å². The Morgan fingerprint density at radius 1 is 1.26 bits per heavy atom. The van der Waals surface area contributed by atoms with Crippen LogP contribution < -0.4 is 0 Å². The fourth-order valence-corrected chi connectivity index (χ4v) is 2.18. The minimum Gasteiger partial charge on any atom is -0.382 e. The Morgan fingerprint density at radius 3 is 2.48 bits per heavy atom. The maximum absolute atomic E-state index is 12.4. The fourth-order valence-electron chi connectivity index (χ4n) is 2.18. The van der Waals surface area contributed by atoms with E-state index in [0.717, 1.165) is 12.3 Å². The molecule has 1 fully saturated rings. The van der Waals surface area contributed by atoms with Crippen LogP contribution in [0.1, 0.15) is 17.4 Å². The minimum absolute atomic E-state index is 0.0280. The second-order valence-corrected chi connectivity index (χ2v) is 5.15. The standard InChI is InChI=1S/C13H14F6N2O2/c14-12(15,16)10-2-1-8(5-20-10)9-6-21(3-4-23-9)7-11(22)13(17,18)19/h1-2,5,9,11,22H,3-4,6-7H2/t9?,11-/m0/s1. The van der Waals surface area contributed by atoms with Crippen LogP contribution in [0.4, 0.5) is 26.3 Å². The number of rotatable bonds is 3. The largest absolute Gasteiger partial charge is 0.433 e. The maximum Gasteiger partial charge on any atom is 0.433 e.